The lowest BCUT2D eigenvalue weighted by Crippen LogP contribution is -2.39. The van der Waals surface area contributed by atoms with Gasteiger partial charge < -0.3 is 24.3 Å². The molecule has 0 unspecified atom stereocenters. The molecule has 3 aliphatic rings. The van der Waals surface area contributed by atoms with Gasteiger partial charge in [0, 0.05) is 31.2 Å². The van der Waals surface area contributed by atoms with Gasteiger partial charge in [-0.05, 0) is 49.9 Å². The molecule has 0 radical (unpaired) electrons. The molecule has 1 atom stereocenters. The Labute approximate surface area is 143 Å². The van der Waals surface area contributed by atoms with Crippen LogP contribution in [0.3, 0.4) is 0 Å². The average Bonchev–Trinajstić information content (AvgIpc) is 3.29. The normalized spacial score (nSPS) is 26.8. The Balaban J connectivity index is 1.23. The molecule has 3 fully saturated rings. The molecule has 5 heteroatoms. The minimum Gasteiger partial charge on any atom is -0.491 e. The van der Waals surface area contributed by atoms with Gasteiger partial charge >= 0.3 is 0 Å². The lowest BCUT2D eigenvalue weighted by molar-refractivity contribution is -0.177. The minimum absolute atomic E-state index is 0.261. The molecule has 132 valence electrons. The summed E-state index contributed by atoms with van der Waals surface area (Å²) in [6.07, 6.45) is 6.64. The largest absolute Gasteiger partial charge is 0.491 e. The van der Waals surface area contributed by atoms with Gasteiger partial charge in [-0.1, -0.05) is 0 Å². The van der Waals surface area contributed by atoms with Gasteiger partial charge in [0.05, 0.1) is 19.3 Å². The van der Waals surface area contributed by atoms with Crippen LogP contribution in [-0.4, -0.2) is 44.4 Å². The van der Waals surface area contributed by atoms with Crippen molar-refractivity contribution in [2.24, 2.45) is 0 Å². The number of hydrogen-bond donors (Lipinski definition) is 1. The summed E-state index contributed by atoms with van der Waals surface area (Å²) in [4.78, 5) is 0. The van der Waals surface area contributed by atoms with Crippen LogP contribution in [0.15, 0.2) is 24.3 Å². The number of rotatable bonds is 5. The second-order valence-corrected chi connectivity index (χ2v) is 7.00. The quantitative estimate of drug-likeness (QED) is 0.895. The van der Waals surface area contributed by atoms with Gasteiger partial charge in [0.2, 0.25) is 0 Å². The van der Waals surface area contributed by atoms with Gasteiger partial charge in [0.25, 0.3) is 0 Å². The maximum atomic E-state index is 5.81. The molecule has 24 heavy (non-hydrogen) atoms. The van der Waals surface area contributed by atoms with Crippen LogP contribution in [0, 0.1) is 0 Å². The predicted molar refractivity (Wildman–Crippen MR) is 91.4 cm³/mol. The Morgan fingerprint density at radius 1 is 1.00 bits per heavy atom. The molecular formula is C19H27NO4. The van der Waals surface area contributed by atoms with Crippen molar-refractivity contribution in [1.29, 1.82) is 0 Å². The fourth-order valence-corrected chi connectivity index (χ4v) is 3.84. The molecule has 5 nitrogen and oxygen atoms in total. The topological polar surface area (TPSA) is 49.0 Å². The van der Waals surface area contributed by atoms with Gasteiger partial charge in [-0.15, -0.1) is 0 Å². The summed E-state index contributed by atoms with van der Waals surface area (Å²) in [5.41, 5.74) is 1.15. The summed E-state index contributed by atoms with van der Waals surface area (Å²) in [6.45, 7) is 3.00. The fourth-order valence-electron chi connectivity index (χ4n) is 3.84. The van der Waals surface area contributed by atoms with E-state index in [-0.39, 0.29) is 11.9 Å². The van der Waals surface area contributed by atoms with Gasteiger partial charge in [-0.3, -0.25) is 0 Å². The zero-order valence-corrected chi connectivity index (χ0v) is 14.2. The molecule has 2 aliphatic heterocycles. The van der Waals surface area contributed by atoms with E-state index >= 15 is 0 Å². The van der Waals surface area contributed by atoms with Crippen LogP contribution in [0.4, 0.5) is 5.69 Å². The standard InChI is InChI=1S/C19H27NO4/c1-2-18(21-11-1)14-22-17-5-3-15(4-6-17)20-16-7-9-19(10-8-16)23-12-13-24-19/h3-6,16,18,20H,1-2,7-14H2/t18-/m0/s1. The summed E-state index contributed by atoms with van der Waals surface area (Å²) in [5.74, 6) is 0.629. The zero-order valence-electron chi connectivity index (χ0n) is 14.2. The van der Waals surface area contributed by atoms with E-state index in [1.165, 1.54) is 0 Å². The van der Waals surface area contributed by atoms with E-state index in [4.69, 9.17) is 18.9 Å². The molecule has 4 rings (SSSR count). The van der Waals surface area contributed by atoms with E-state index in [1.807, 2.05) is 12.1 Å². The molecular weight excluding hydrogens is 306 g/mol. The van der Waals surface area contributed by atoms with Crippen molar-refractivity contribution < 1.29 is 18.9 Å². The molecule has 1 spiro atoms. The predicted octanol–water partition coefficient (Wildman–Crippen LogP) is 3.34. The minimum atomic E-state index is -0.280. The van der Waals surface area contributed by atoms with Crippen molar-refractivity contribution in [3.05, 3.63) is 24.3 Å². The number of benzene rings is 1. The highest BCUT2D eigenvalue weighted by Gasteiger charge is 2.40. The Hall–Kier alpha value is -1.30. The summed E-state index contributed by atoms with van der Waals surface area (Å²) in [7, 11) is 0. The summed E-state index contributed by atoms with van der Waals surface area (Å²) >= 11 is 0. The highest BCUT2D eigenvalue weighted by Crippen LogP contribution is 2.36. The second kappa shape index (κ2) is 7.30. The summed E-state index contributed by atoms with van der Waals surface area (Å²) in [5, 5.41) is 3.62. The molecule has 1 N–H and O–H groups in total. The molecule has 0 bridgehead atoms. The first-order valence-corrected chi connectivity index (χ1v) is 9.20. The average molecular weight is 333 g/mol. The molecule has 0 aromatic heterocycles. The van der Waals surface area contributed by atoms with Crippen molar-refractivity contribution in [2.45, 2.75) is 56.5 Å². The third-order valence-electron chi connectivity index (χ3n) is 5.25. The number of nitrogens with one attached hydrogen (secondary N) is 1. The first-order chi connectivity index (χ1) is 11.8. The van der Waals surface area contributed by atoms with Crippen molar-refractivity contribution in [1.82, 2.24) is 0 Å². The fraction of sp³-hybridized carbons (Fsp3) is 0.684. The maximum absolute atomic E-state index is 5.81. The molecule has 2 heterocycles. The lowest BCUT2D eigenvalue weighted by atomic mass is 9.90. The first kappa shape index (κ1) is 16.2. The van der Waals surface area contributed by atoms with Crippen LogP contribution in [0.2, 0.25) is 0 Å². The molecule has 1 aliphatic carbocycles. The van der Waals surface area contributed by atoms with Crippen LogP contribution in [0.1, 0.15) is 38.5 Å². The first-order valence-electron chi connectivity index (χ1n) is 9.20. The van der Waals surface area contributed by atoms with Crippen molar-refractivity contribution in [3.8, 4) is 5.75 Å². The van der Waals surface area contributed by atoms with Gasteiger partial charge in [0.15, 0.2) is 5.79 Å². The van der Waals surface area contributed by atoms with Crippen molar-refractivity contribution in [2.75, 3.05) is 31.7 Å². The van der Waals surface area contributed by atoms with Crippen molar-refractivity contribution in [3.63, 3.8) is 0 Å². The number of hydrogen-bond acceptors (Lipinski definition) is 5. The molecule has 1 aromatic carbocycles. The SMILES string of the molecule is c1cc(OC[C@@H]2CCCO2)ccc1NC1CCC2(CC1)OCCO2. The van der Waals surface area contributed by atoms with Crippen LogP contribution < -0.4 is 10.1 Å². The summed E-state index contributed by atoms with van der Waals surface area (Å²) < 4.78 is 23.0. The van der Waals surface area contributed by atoms with Crippen molar-refractivity contribution >= 4 is 5.69 Å². The molecule has 2 saturated heterocycles. The van der Waals surface area contributed by atoms with E-state index in [0.29, 0.717) is 12.6 Å². The maximum Gasteiger partial charge on any atom is 0.168 e. The van der Waals surface area contributed by atoms with Gasteiger partial charge in [-0.2, -0.15) is 0 Å². The van der Waals surface area contributed by atoms with Gasteiger partial charge in [-0.25, -0.2) is 0 Å². The Bertz CT molecular complexity index is 511. The highest BCUT2D eigenvalue weighted by molar-refractivity contribution is 5.47. The van der Waals surface area contributed by atoms with E-state index in [2.05, 4.69) is 17.4 Å². The van der Waals surface area contributed by atoms with E-state index in [9.17, 15) is 0 Å². The van der Waals surface area contributed by atoms with Crippen LogP contribution in [0.25, 0.3) is 0 Å². The molecule has 1 aromatic rings. The highest BCUT2D eigenvalue weighted by atomic mass is 16.7. The lowest BCUT2D eigenvalue weighted by Gasteiger charge is -2.36. The van der Waals surface area contributed by atoms with Crippen LogP contribution in [-0.2, 0) is 14.2 Å². The summed E-state index contributed by atoms with van der Waals surface area (Å²) in [6, 6.07) is 8.74. The van der Waals surface area contributed by atoms with E-state index < -0.39 is 0 Å². The van der Waals surface area contributed by atoms with Crippen LogP contribution >= 0.6 is 0 Å². The number of ether oxygens (including phenoxy) is 4. The molecule has 0 amide bonds. The van der Waals surface area contributed by atoms with E-state index in [0.717, 1.165) is 69.8 Å². The molecule has 1 saturated carbocycles. The Kier molecular flexibility index (Phi) is 4.92. The van der Waals surface area contributed by atoms with Crippen LogP contribution in [0.5, 0.6) is 5.75 Å². The number of anilines is 1. The third kappa shape index (κ3) is 3.85. The van der Waals surface area contributed by atoms with E-state index in [1.54, 1.807) is 0 Å². The second-order valence-electron chi connectivity index (χ2n) is 7.00. The Morgan fingerprint density at radius 2 is 1.75 bits per heavy atom. The van der Waals surface area contributed by atoms with Gasteiger partial charge in [0.1, 0.15) is 12.4 Å². The third-order valence-corrected chi connectivity index (χ3v) is 5.25. The zero-order chi connectivity index (χ0) is 16.2. The Morgan fingerprint density at radius 3 is 2.42 bits per heavy atom. The smallest absolute Gasteiger partial charge is 0.168 e. The monoisotopic (exact) mass is 333 g/mol.